The summed E-state index contributed by atoms with van der Waals surface area (Å²) in [5.41, 5.74) is 4.86. The van der Waals surface area contributed by atoms with E-state index in [0.29, 0.717) is 0 Å². The van der Waals surface area contributed by atoms with Crippen molar-refractivity contribution < 1.29 is 9.53 Å². The summed E-state index contributed by atoms with van der Waals surface area (Å²) in [6.07, 6.45) is 1.57. The summed E-state index contributed by atoms with van der Waals surface area (Å²) in [6, 6.07) is 29.0. The topological polar surface area (TPSA) is 79.4 Å². The lowest BCUT2D eigenvalue weighted by Gasteiger charge is -2.09. The molecule has 5 rings (SSSR count). The second kappa shape index (κ2) is 8.12. The third kappa shape index (κ3) is 4.00. The van der Waals surface area contributed by atoms with Gasteiger partial charge in [-0.2, -0.15) is 5.10 Å². The highest BCUT2D eigenvalue weighted by Gasteiger charge is 2.10. The van der Waals surface area contributed by atoms with Gasteiger partial charge in [-0.25, -0.2) is 10.4 Å². The number of nitrogens with one attached hydrogen (secondary N) is 2. The van der Waals surface area contributed by atoms with Gasteiger partial charge in [-0.1, -0.05) is 48.5 Å². The standard InChI is InChI=1S/C25H18N4O2/c30-25(24-27-21-9-3-4-10-22(21)28-24)29-26-16-17-12-14-19(15-13-17)31-23-11-5-7-18-6-1-2-8-20(18)23/h1-16H,(H,27,28)(H,29,30)/b26-16+. The number of aromatic amines is 1. The van der Waals surface area contributed by atoms with Crippen molar-refractivity contribution in [1.29, 1.82) is 0 Å². The van der Waals surface area contributed by atoms with Gasteiger partial charge in [0.05, 0.1) is 17.2 Å². The molecule has 6 heteroatoms. The number of benzene rings is 4. The molecule has 6 nitrogen and oxygen atoms in total. The first-order valence-electron chi connectivity index (χ1n) is 9.80. The number of fused-ring (bicyclic) bond motifs is 2. The number of rotatable bonds is 5. The molecule has 1 amide bonds. The highest BCUT2D eigenvalue weighted by atomic mass is 16.5. The fourth-order valence-corrected chi connectivity index (χ4v) is 3.31. The Kier molecular flexibility index (Phi) is 4.86. The first kappa shape index (κ1) is 18.6. The minimum absolute atomic E-state index is 0.220. The van der Waals surface area contributed by atoms with Gasteiger partial charge >= 0.3 is 5.91 Å². The predicted octanol–water partition coefficient (Wildman–Crippen LogP) is 5.27. The van der Waals surface area contributed by atoms with Crippen LogP contribution in [-0.2, 0) is 0 Å². The minimum Gasteiger partial charge on any atom is -0.457 e. The summed E-state index contributed by atoms with van der Waals surface area (Å²) < 4.78 is 6.05. The molecule has 0 aliphatic rings. The van der Waals surface area contributed by atoms with Crippen molar-refractivity contribution in [2.24, 2.45) is 5.10 Å². The van der Waals surface area contributed by atoms with Gasteiger partial charge < -0.3 is 9.72 Å². The molecule has 150 valence electrons. The normalized spacial score (nSPS) is 11.2. The van der Waals surface area contributed by atoms with E-state index in [0.717, 1.165) is 38.9 Å². The molecule has 0 fully saturated rings. The van der Waals surface area contributed by atoms with Gasteiger partial charge in [0.2, 0.25) is 0 Å². The maximum atomic E-state index is 12.2. The molecule has 0 aliphatic carbocycles. The van der Waals surface area contributed by atoms with Crippen molar-refractivity contribution in [1.82, 2.24) is 15.4 Å². The number of hydrazone groups is 1. The summed E-state index contributed by atoms with van der Waals surface area (Å²) in [5, 5.41) is 6.21. The highest BCUT2D eigenvalue weighted by molar-refractivity contribution is 5.94. The van der Waals surface area contributed by atoms with Crippen LogP contribution in [0.2, 0.25) is 0 Å². The molecule has 0 bridgehead atoms. The van der Waals surface area contributed by atoms with E-state index in [1.165, 1.54) is 0 Å². The molecule has 0 unspecified atom stereocenters. The molecule has 1 heterocycles. The molecule has 0 aliphatic heterocycles. The van der Waals surface area contributed by atoms with Crippen LogP contribution in [0, 0.1) is 0 Å². The molecule has 5 aromatic rings. The van der Waals surface area contributed by atoms with E-state index in [1.54, 1.807) is 6.21 Å². The maximum absolute atomic E-state index is 12.2. The molecule has 0 saturated carbocycles. The molecular weight excluding hydrogens is 388 g/mol. The number of imidazole rings is 1. The number of aromatic nitrogens is 2. The van der Waals surface area contributed by atoms with Crippen molar-refractivity contribution in [3.8, 4) is 11.5 Å². The molecule has 1 aromatic heterocycles. The van der Waals surface area contributed by atoms with E-state index in [2.05, 4.69) is 32.6 Å². The van der Waals surface area contributed by atoms with E-state index in [9.17, 15) is 4.79 Å². The van der Waals surface area contributed by atoms with Crippen molar-refractivity contribution in [3.05, 3.63) is 102 Å². The SMILES string of the molecule is O=C(N/N=C/c1ccc(Oc2cccc3ccccc23)cc1)c1nc2ccccc2[nH]1. The summed E-state index contributed by atoms with van der Waals surface area (Å²) in [4.78, 5) is 19.5. The summed E-state index contributed by atoms with van der Waals surface area (Å²) in [6.45, 7) is 0. The van der Waals surface area contributed by atoms with Gasteiger partial charge in [0, 0.05) is 5.39 Å². The van der Waals surface area contributed by atoms with E-state index >= 15 is 0 Å². The quantitative estimate of drug-likeness (QED) is 0.308. The molecular formula is C25H18N4O2. The van der Waals surface area contributed by atoms with Gasteiger partial charge in [0.1, 0.15) is 11.5 Å². The lowest BCUT2D eigenvalue weighted by atomic mass is 10.1. The summed E-state index contributed by atoms with van der Waals surface area (Å²) in [7, 11) is 0. The van der Waals surface area contributed by atoms with Gasteiger partial charge in [-0.05, 0) is 53.4 Å². The molecule has 4 aromatic carbocycles. The Labute approximate surface area is 178 Å². The Morgan fingerprint density at radius 3 is 2.55 bits per heavy atom. The molecule has 0 radical (unpaired) electrons. The smallest absolute Gasteiger partial charge is 0.307 e. The number of amides is 1. The Hall–Kier alpha value is -4.45. The fraction of sp³-hybridized carbons (Fsp3) is 0. The molecule has 2 N–H and O–H groups in total. The monoisotopic (exact) mass is 406 g/mol. The molecule has 0 atom stereocenters. The van der Waals surface area contributed by atoms with E-state index in [1.807, 2.05) is 78.9 Å². The van der Waals surface area contributed by atoms with E-state index in [-0.39, 0.29) is 5.82 Å². The first-order valence-corrected chi connectivity index (χ1v) is 9.80. The Bertz CT molecular complexity index is 1370. The fourth-order valence-electron chi connectivity index (χ4n) is 3.31. The van der Waals surface area contributed by atoms with Gasteiger partial charge in [-0.15, -0.1) is 0 Å². The Balaban J connectivity index is 1.24. The maximum Gasteiger partial charge on any atom is 0.307 e. The van der Waals surface area contributed by atoms with Crippen LogP contribution in [-0.4, -0.2) is 22.1 Å². The second-order valence-corrected chi connectivity index (χ2v) is 6.95. The van der Waals surface area contributed by atoms with Crippen molar-refractivity contribution in [3.63, 3.8) is 0 Å². The van der Waals surface area contributed by atoms with Gasteiger partial charge in [0.15, 0.2) is 5.82 Å². The third-order valence-corrected chi connectivity index (χ3v) is 4.84. The first-order chi connectivity index (χ1) is 15.3. The highest BCUT2D eigenvalue weighted by Crippen LogP contribution is 2.29. The number of hydrogen-bond donors (Lipinski definition) is 2. The zero-order valence-corrected chi connectivity index (χ0v) is 16.4. The number of hydrogen-bond acceptors (Lipinski definition) is 4. The van der Waals surface area contributed by atoms with Gasteiger partial charge in [-0.3, -0.25) is 4.79 Å². The Morgan fingerprint density at radius 2 is 1.68 bits per heavy atom. The number of H-pyrrole nitrogens is 1. The van der Waals surface area contributed by atoms with Crippen LogP contribution < -0.4 is 10.2 Å². The Morgan fingerprint density at radius 1 is 0.903 bits per heavy atom. The lowest BCUT2D eigenvalue weighted by Crippen LogP contribution is -2.19. The van der Waals surface area contributed by atoms with Crippen LogP contribution in [0.25, 0.3) is 21.8 Å². The largest absolute Gasteiger partial charge is 0.457 e. The third-order valence-electron chi connectivity index (χ3n) is 4.84. The van der Waals surface area contributed by atoms with Crippen LogP contribution in [0.15, 0.2) is 96.1 Å². The van der Waals surface area contributed by atoms with Crippen molar-refractivity contribution >= 4 is 33.9 Å². The number of nitrogens with zero attached hydrogens (tertiary/aromatic N) is 2. The summed E-state index contributed by atoms with van der Waals surface area (Å²) >= 11 is 0. The van der Waals surface area contributed by atoms with Gasteiger partial charge in [0.25, 0.3) is 0 Å². The second-order valence-electron chi connectivity index (χ2n) is 6.95. The van der Waals surface area contributed by atoms with Crippen LogP contribution in [0.4, 0.5) is 0 Å². The van der Waals surface area contributed by atoms with Crippen LogP contribution in [0.3, 0.4) is 0 Å². The minimum atomic E-state index is -0.400. The van der Waals surface area contributed by atoms with Crippen LogP contribution >= 0.6 is 0 Å². The molecule has 31 heavy (non-hydrogen) atoms. The zero-order chi connectivity index (χ0) is 21.0. The average molecular weight is 406 g/mol. The number of carbonyl (C=O) groups is 1. The average Bonchev–Trinajstić information content (AvgIpc) is 3.25. The van der Waals surface area contributed by atoms with Crippen LogP contribution in [0.1, 0.15) is 16.2 Å². The lowest BCUT2D eigenvalue weighted by molar-refractivity contribution is 0.0946. The molecule has 0 saturated heterocycles. The molecule has 0 spiro atoms. The predicted molar refractivity (Wildman–Crippen MR) is 122 cm³/mol. The van der Waals surface area contributed by atoms with Crippen molar-refractivity contribution in [2.45, 2.75) is 0 Å². The van der Waals surface area contributed by atoms with E-state index < -0.39 is 5.91 Å². The number of ether oxygens (including phenoxy) is 1. The van der Waals surface area contributed by atoms with E-state index in [4.69, 9.17) is 4.74 Å². The zero-order valence-electron chi connectivity index (χ0n) is 16.4. The summed E-state index contributed by atoms with van der Waals surface area (Å²) in [5.74, 6) is 1.35. The number of carbonyl (C=O) groups excluding carboxylic acids is 1. The van der Waals surface area contributed by atoms with Crippen LogP contribution in [0.5, 0.6) is 11.5 Å². The van der Waals surface area contributed by atoms with Crippen molar-refractivity contribution in [2.75, 3.05) is 0 Å². The number of para-hydroxylation sites is 2.